The average molecular weight is 197 g/mol. The van der Waals surface area contributed by atoms with Gasteiger partial charge in [-0.25, -0.2) is 0 Å². The fraction of sp³-hybridized carbons (Fsp3) is 0.818. The van der Waals surface area contributed by atoms with Crippen LogP contribution in [0.25, 0.3) is 0 Å². The zero-order chi connectivity index (χ0) is 9.80. The highest BCUT2D eigenvalue weighted by molar-refractivity contribution is 5.09. The van der Waals surface area contributed by atoms with E-state index in [1.54, 1.807) is 5.57 Å². The van der Waals surface area contributed by atoms with Crippen LogP contribution in [0.3, 0.4) is 0 Å². The first-order valence-electron chi connectivity index (χ1n) is 5.51. The van der Waals surface area contributed by atoms with Gasteiger partial charge in [-0.15, -0.1) is 0 Å². The van der Waals surface area contributed by atoms with Crippen molar-refractivity contribution in [2.24, 2.45) is 0 Å². The van der Waals surface area contributed by atoms with E-state index in [0.29, 0.717) is 0 Å². The summed E-state index contributed by atoms with van der Waals surface area (Å²) in [4.78, 5) is 2.39. The van der Waals surface area contributed by atoms with Gasteiger partial charge in [0.05, 0.1) is 19.3 Å². The molecule has 14 heavy (non-hydrogen) atoms. The first kappa shape index (κ1) is 10.1. The molecule has 2 rings (SSSR count). The molecule has 0 amide bonds. The minimum atomic E-state index is 0.0331. The molecule has 1 atom stereocenters. The lowest BCUT2D eigenvalue weighted by Gasteiger charge is -2.32. The van der Waals surface area contributed by atoms with Gasteiger partial charge in [-0.2, -0.15) is 0 Å². The van der Waals surface area contributed by atoms with Crippen molar-refractivity contribution in [2.75, 3.05) is 32.8 Å². The third kappa shape index (κ3) is 2.56. The number of morpholine rings is 1. The number of rotatable bonds is 3. The maximum atomic E-state index is 9.00. The molecule has 0 aromatic rings. The number of hydrogen-bond donors (Lipinski definition) is 1. The van der Waals surface area contributed by atoms with Gasteiger partial charge in [0.15, 0.2) is 0 Å². The van der Waals surface area contributed by atoms with Gasteiger partial charge in [0.2, 0.25) is 0 Å². The third-order valence-electron chi connectivity index (χ3n) is 2.99. The molecule has 1 unspecified atom stereocenters. The summed E-state index contributed by atoms with van der Waals surface area (Å²) in [6.07, 6.45) is 6.24. The summed E-state index contributed by atoms with van der Waals surface area (Å²) in [5.41, 5.74) is 1.57. The summed E-state index contributed by atoms with van der Waals surface area (Å²) in [6.45, 7) is 3.88. The van der Waals surface area contributed by atoms with E-state index in [0.717, 1.165) is 26.2 Å². The molecule has 0 aromatic carbocycles. The maximum absolute atomic E-state index is 9.00. The Morgan fingerprint density at radius 3 is 3.21 bits per heavy atom. The van der Waals surface area contributed by atoms with Crippen molar-refractivity contribution in [1.29, 1.82) is 0 Å². The Labute approximate surface area is 85.4 Å². The van der Waals surface area contributed by atoms with E-state index >= 15 is 0 Å². The van der Waals surface area contributed by atoms with Crippen LogP contribution in [0.5, 0.6) is 0 Å². The van der Waals surface area contributed by atoms with E-state index in [1.165, 1.54) is 19.3 Å². The van der Waals surface area contributed by atoms with Crippen LogP contribution in [-0.2, 0) is 4.74 Å². The molecule has 3 heteroatoms. The van der Waals surface area contributed by atoms with E-state index in [1.807, 2.05) is 0 Å². The Hall–Kier alpha value is -0.380. The highest BCUT2D eigenvalue weighted by Crippen LogP contribution is 2.19. The lowest BCUT2D eigenvalue weighted by atomic mass is 10.2. The summed E-state index contributed by atoms with van der Waals surface area (Å²) >= 11 is 0. The molecule has 1 heterocycles. The standard InChI is InChI=1S/C11H19NO2/c13-9-11-8-12(5-6-14-11)7-10-3-1-2-4-10/h3,11,13H,1-2,4-9H2. The van der Waals surface area contributed by atoms with Crippen molar-refractivity contribution >= 4 is 0 Å². The number of hydrogen-bond acceptors (Lipinski definition) is 3. The molecule has 2 aliphatic rings. The molecule has 3 nitrogen and oxygen atoms in total. The average Bonchev–Trinajstić information content (AvgIpc) is 2.71. The topological polar surface area (TPSA) is 32.7 Å². The van der Waals surface area contributed by atoms with Crippen LogP contribution >= 0.6 is 0 Å². The smallest absolute Gasteiger partial charge is 0.0932 e. The molecule has 80 valence electrons. The van der Waals surface area contributed by atoms with Crippen LogP contribution in [0.4, 0.5) is 0 Å². The Bertz CT molecular complexity index is 215. The van der Waals surface area contributed by atoms with Gasteiger partial charge in [-0.1, -0.05) is 11.6 Å². The molecular formula is C11H19NO2. The minimum absolute atomic E-state index is 0.0331. The first-order valence-corrected chi connectivity index (χ1v) is 5.51. The van der Waals surface area contributed by atoms with Gasteiger partial charge in [0.1, 0.15) is 0 Å². The Morgan fingerprint density at radius 2 is 2.50 bits per heavy atom. The van der Waals surface area contributed by atoms with E-state index in [-0.39, 0.29) is 12.7 Å². The van der Waals surface area contributed by atoms with Crippen LogP contribution in [0.15, 0.2) is 11.6 Å². The minimum Gasteiger partial charge on any atom is -0.394 e. The quantitative estimate of drug-likeness (QED) is 0.679. The number of ether oxygens (including phenoxy) is 1. The largest absolute Gasteiger partial charge is 0.394 e. The van der Waals surface area contributed by atoms with Crippen molar-refractivity contribution in [3.63, 3.8) is 0 Å². The molecular weight excluding hydrogens is 178 g/mol. The maximum Gasteiger partial charge on any atom is 0.0932 e. The van der Waals surface area contributed by atoms with Gasteiger partial charge < -0.3 is 9.84 Å². The highest BCUT2D eigenvalue weighted by atomic mass is 16.5. The van der Waals surface area contributed by atoms with Gasteiger partial charge in [0.25, 0.3) is 0 Å². The Morgan fingerprint density at radius 1 is 1.57 bits per heavy atom. The van der Waals surface area contributed by atoms with Crippen LogP contribution in [0, 0.1) is 0 Å². The third-order valence-corrected chi connectivity index (χ3v) is 2.99. The van der Waals surface area contributed by atoms with Crippen molar-refractivity contribution in [3.8, 4) is 0 Å². The highest BCUT2D eigenvalue weighted by Gasteiger charge is 2.20. The second-order valence-corrected chi connectivity index (χ2v) is 4.17. The van der Waals surface area contributed by atoms with Crippen molar-refractivity contribution < 1.29 is 9.84 Å². The molecule has 0 saturated carbocycles. The fourth-order valence-corrected chi connectivity index (χ4v) is 2.20. The monoisotopic (exact) mass is 197 g/mol. The number of aliphatic hydroxyl groups is 1. The fourth-order valence-electron chi connectivity index (χ4n) is 2.20. The normalized spacial score (nSPS) is 29.2. The van der Waals surface area contributed by atoms with E-state index in [4.69, 9.17) is 9.84 Å². The van der Waals surface area contributed by atoms with Crippen molar-refractivity contribution in [3.05, 3.63) is 11.6 Å². The SMILES string of the molecule is OCC1CN(CC2=CCCC2)CCO1. The summed E-state index contributed by atoms with van der Waals surface area (Å²) in [7, 11) is 0. The Kier molecular flexibility index (Phi) is 3.56. The van der Waals surface area contributed by atoms with E-state index in [9.17, 15) is 0 Å². The van der Waals surface area contributed by atoms with Crippen molar-refractivity contribution in [2.45, 2.75) is 25.4 Å². The zero-order valence-corrected chi connectivity index (χ0v) is 8.61. The summed E-state index contributed by atoms with van der Waals surface area (Å²) in [5, 5.41) is 9.00. The van der Waals surface area contributed by atoms with Crippen LogP contribution in [0.2, 0.25) is 0 Å². The van der Waals surface area contributed by atoms with Gasteiger partial charge >= 0.3 is 0 Å². The molecule has 0 radical (unpaired) electrons. The molecule has 1 saturated heterocycles. The van der Waals surface area contributed by atoms with Crippen LogP contribution < -0.4 is 0 Å². The predicted octanol–water partition coefficient (Wildman–Crippen LogP) is 0.790. The predicted molar refractivity (Wildman–Crippen MR) is 55.2 cm³/mol. The molecule has 1 aliphatic carbocycles. The summed E-state index contributed by atoms with van der Waals surface area (Å²) < 4.78 is 5.41. The zero-order valence-electron chi connectivity index (χ0n) is 8.61. The van der Waals surface area contributed by atoms with Crippen molar-refractivity contribution in [1.82, 2.24) is 4.90 Å². The van der Waals surface area contributed by atoms with Gasteiger partial charge in [0, 0.05) is 19.6 Å². The first-order chi connectivity index (χ1) is 6.88. The molecule has 1 aliphatic heterocycles. The molecule has 0 aromatic heterocycles. The number of nitrogens with zero attached hydrogens (tertiary/aromatic N) is 1. The molecule has 1 N–H and O–H groups in total. The number of aliphatic hydroxyl groups excluding tert-OH is 1. The summed E-state index contributed by atoms with van der Waals surface area (Å²) in [6, 6.07) is 0. The van der Waals surface area contributed by atoms with Crippen LogP contribution in [-0.4, -0.2) is 49.0 Å². The molecule has 0 bridgehead atoms. The lowest BCUT2D eigenvalue weighted by molar-refractivity contribution is -0.0502. The van der Waals surface area contributed by atoms with E-state index in [2.05, 4.69) is 11.0 Å². The lowest BCUT2D eigenvalue weighted by Crippen LogP contribution is -2.44. The Balaban J connectivity index is 1.79. The molecule has 1 fully saturated rings. The number of allylic oxidation sites excluding steroid dienone is 1. The van der Waals surface area contributed by atoms with Gasteiger partial charge in [-0.05, 0) is 19.3 Å². The molecule has 0 spiro atoms. The summed E-state index contributed by atoms with van der Waals surface area (Å²) in [5.74, 6) is 0. The van der Waals surface area contributed by atoms with Crippen LogP contribution in [0.1, 0.15) is 19.3 Å². The van der Waals surface area contributed by atoms with E-state index < -0.39 is 0 Å². The second kappa shape index (κ2) is 4.91. The second-order valence-electron chi connectivity index (χ2n) is 4.17. The van der Waals surface area contributed by atoms with Gasteiger partial charge in [-0.3, -0.25) is 4.90 Å².